The summed E-state index contributed by atoms with van der Waals surface area (Å²) in [6, 6.07) is 12.3. The number of morpholine rings is 1. The fourth-order valence-electron chi connectivity index (χ4n) is 4.10. The lowest BCUT2D eigenvalue weighted by Crippen LogP contribution is -2.56. The van der Waals surface area contributed by atoms with Gasteiger partial charge in [0.1, 0.15) is 12.2 Å². The Labute approximate surface area is 213 Å². The molecule has 7 nitrogen and oxygen atoms in total. The van der Waals surface area contributed by atoms with Crippen molar-refractivity contribution in [2.45, 2.75) is 44.1 Å². The van der Waals surface area contributed by atoms with Gasteiger partial charge in [-0.15, -0.1) is 0 Å². The Morgan fingerprint density at radius 3 is 2.35 bits per heavy atom. The number of rotatable bonds is 8. The molecule has 0 aromatic heterocycles. The molecule has 0 aliphatic carbocycles. The number of hydrogen-bond acceptors (Lipinski definition) is 6. The standard InChI is InChI=1S/C23H24Cl3NO6S/c1-3-18(13-34(26,30)31)27-21(14-7-9-16(24)10-8-14)22(15-5-4-6-17(25)11-15)33-19(23(27)29)12-20(28)32-2/h4-11,18-19,21-22H,3,12-13H2,1-2H3/t18-,19+,21+,22+/m0/s1. The van der Waals surface area contributed by atoms with E-state index in [-0.39, 0.29) is 6.42 Å². The lowest BCUT2D eigenvalue weighted by atomic mass is 9.89. The summed E-state index contributed by atoms with van der Waals surface area (Å²) in [6.45, 7) is 1.76. The van der Waals surface area contributed by atoms with Crippen LogP contribution in [0.3, 0.4) is 0 Å². The Bertz CT molecular complexity index is 1140. The summed E-state index contributed by atoms with van der Waals surface area (Å²) in [6.07, 6.45) is -1.98. The number of carbonyl (C=O) groups is 2. The molecule has 1 fully saturated rings. The summed E-state index contributed by atoms with van der Waals surface area (Å²) in [7, 11) is 2.86. The average Bonchev–Trinajstić information content (AvgIpc) is 2.78. The molecule has 3 rings (SSSR count). The molecule has 0 spiro atoms. The number of hydrogen-bond donors (Lipinski definition) is 0. The first-order valence-corrected chi connectivity index (χ1v) is 13.7. The third kappa shape index (κ3) is 6.43. The molecular formula is C23H24Cl3NO6S. The van der Waals surface area contributed by atoms with Gasteiger partial charge in [-0.3, -0.25) is 9.59 Å². The van der Waals surface area contributed by atoms with E-state index in [9.17, 15) is 18.0 Å². The van der Waals surface area contributed by atoms with E-state index in [2.05, 4.69) is 0 Å². The molecule has 1 aliphatic rings. The predicted octanol–water partition coefficient (Wildman–Crippen LogP) is 4.91. The van der Waals surface area contributed by atoms with Crippen LogP contribution in [0.4, 0.5) is 0 Å². The van der Waals surface area contributed by atoms with Crippen LogP contribution in [-0.2, 0) is 28.1 Å². The zero-order valence-electron chi connectivity index (χ0n) is 18.5. The van der Waals surface area contributed by atoms with E-state index in [0.29, 0.717) is 27.6 Å². The van der Waals surface area contributed by atoms with Gasteiger partial charge in [-0.1, -0.05) is 54.4 Å². The van der Waals surface area contributed by atoms with Gasteiger partial charge in [0.25, 0.3) is 5.91 Å². The van der Waals surface area contributed by atoms with E-state index >= 15 is 0 Å². The van der Waals surface area contributed by atoms with E-state index in [0.717, 1.165) is 0 Å². The molecule has 0 N–H and O–H groups in total. The molecule has 0 radical (unpaired) electrons. The molecular weight excluding hydrogens is 525 g/mol. The number of amides is 1. The Kier molecular flexibility index (Phi) is 8.87. The van der Waals surface area contributed by atoms with Gasteiger partial charge in [0.15, 0.2) is 0 Å². The van der Waals surface area contributed by atoms with Crippen molar-refractivity contribution >= 4 is 54.8 Å². The van der Waals surface area contributed by atoms with Crippen LogP contribution in [0, 0.1) is 0 Å². The van der Waals surface area contributed by atoms with E-state index in [4.69, 9.17) is 43.4 Å². The van der Waals surface area contributed by atoms with Gasteiger partial charge in [-0.2, -0.15) is 0 Å². The van der Waals surface area contributed by atoms with Gasteiger partial charge >= 0.3 is 5.97 Å². The number of benzene rings is 2. The fourth-order valence-corrected chi connectivity index (χ4v) is 5.72. The maximum absolute atomic E-state index is 13.7. The lowest BCUT2D eigenvalue weighted by molar-refractivity contribution is -0.183. The lowest BCUT2D eigenvalue weighted by Gasteiger charge is -2.47. The summed E-state index contributed by atoms with van der Waals surface area (Å²) >= 11 is 12.3. The quantitative estimate of drug-likeness (QED) is 0.344. The van der Waals surface area contributed by atoms with Crippen molar-refractivity contribution in [3.63, 3.8) is 0 Å². The van der Waals surface area contributed by atoms with Gasteiger partial charge in [0, 0.05) is 26.8 Å². The Morgan fingerprint density at radius 2 is 1.79 bits per heavy atom. The third-order valence-electron chi connectivity index (χ3n) is 5.65. The first kappa shape index (κ1) is 26.8. The largest absolute Gasteiger partial charge is 0.469 e. The second-order valence-corrected chi connectivity index (χ2v) is 11.6. The van der Waals surface area contributed by atoms with Gasteiger partial charge < -0.3 is 14.4 Å². The average molecular weight is 549 g/mol. The number of ether oxygens (including phenoxy) is 2. The van der Waals surface area contributed by atoms with E-state index in [1.54, 1.807) is 55.5 Å². The highest BCUT2D eigenvalue weighted by Gasteiger charge is 2.47. The minimum atomic E-state index is -3.95. The molecule has 1 amide bonds. The summed E-state index contributed by atoms with van der Waals surface area (Å²) in [5.74, 6) is -1.63. The van der Waals surface area contributed by atoms with Crippen LogP contribution in [0.1, 0.15) is 43.0 Å². The minimum absolute atomic E-state index is 0.301. The van der Waals surface area contributed by atoms with Crippen LogP contribution in [0.25, 0.3) is 0 Å². The zero-order valence-corrected chi connectivity index (χ0v) is 21.6. The van der Waals surface area contributed by atoms with Crippen LogP contribution in [-0.4, -0.2) is 50.2 Å². The van der Waals surface area contributed by atoms with E-state index in [1.165, 1.54) is 12.0 Å². The van der Waals surface area contributed by atoms with Crippen molar-refractivity contribution in [1.82, 2.24) is 4.90 Å². The molecule has 1 heterocycles. The molecule has 34 heavy (non-hydrogen) atoms. The highest BCUT2D eigenvalue weighted by molar-refractivity contribution is 8.13. The van der Waals surface area contributed by atoms with Crippen molar-refractivity contribution in [2.24, 2.45) is 0 Å². The van der Waals surface area contributed by atoms with Crippen LogP contribution in [0.2, 0.25) is 10.0 Å². The van der Waals surface area contributed by atoms with Crippen molar-refractivity contribution in [3.05, 3.63) is 69.7 Å². The predicted molar refractivity (Wildman–Crippen MR) is 130 cm³/mol. The number of esters is 1. The van der Waals surface area contributed by atoms with Crippen LogP contribution < -0.4 is 0 Å². The van der Waals surface area contributed by atoms with Crippen molar-refractivity contribution in [1.29, 1.82) is 0 Å². The molecule has 1 saturated heterocycles. The van der Waals surface area contributed by atoms with E-state index in [1.807, 2.05) is 0 Å². The van der Waals surface area contributed by atoms with E-state index < -0.39 is 51.0 Å². The maximum Gasteiger partial charge on any atom is 0.308 e. The number of halogens is 3. The first-order chi connectivity index (χ1) is 16.0. The smallest absolute Gasteiger partial charge is 0.308 e. The molecule has 2 aromatic carbocycles. The van der Waals surface area contributed by atoms with Gasteiger partial charge in [-0.05, 0) is 41.8 Å². The zero-order chi connectivity index (χ0) is 25.0. The molecule has 0 unspecified atom stereocenters. The number of carbonyl (C=O) groups excluding carboxylic acids is 2. The monoisotopic (exact) mass is 547 g/mol. The highest BCUT2D eigenvalue weighted by Crippen LogP contribution is 2.44. The summed E-state index contributed by atoms with van der Waals surface area (Å²) in [4.78, 5) is 27.2. The maximum atomic E-state index is 13.7. The third-order valence-corrected chi connectivity index (χ3v) is 7.30. The molecule has 11 heteroatoms. The molecule has 0 saturated carbocycles. The topological polar surface area (TPSA) is 90.0 Å². The second kappa shape index (κ2) is 11.3. The normalized spacial score (nSPS) is 21.9. The molecule has 0 bridgehead atoms. The second-order valence-electron chi connectivity index (χ2n) is 7.89. The molecule has 2 aromatic rings. The van der Waals surface area contributed by atoms with Crippen LogP contribution in [0.15, 0.2) is 48.5 Å². The first-order valence-electron chi connectivity index (χ1n) is 10.5. The van der Waals surface area contributed by atoms with Crippen LogP contribution >= 0.6 is 33.9 Å². The van der Waals surface area contributed by atoms with Crippen molar-refractivity contribution in [3.8, 4) is 0 Å². The van der Waals surface area contributed by atoms with Crippen molar-refractivity contribution in [2.75, 3.05) is 12.9 Å². The number of nitrogens with zero attached hydrogens (tertiary/aromatic N) is 1. The Balaban J connectivity index is 2.20. The fraction of sp³-hybridized carbons (Fsp3) is 0.391. The van der Waals surface area contributed by atoms with Gasteiger partial charge in [-0.25, -0.2) is 8.42 Å². The molecule has 184 valence electrons. The highest BCUT2D eigenvalue weighted by atomic mass is 35.7. The Morgan fingerprint density at radius 1 is 1.12 bits per heavy atom. The van der Waals surface area contributed by atoms with Crippen LogP contribution in [0.5, 0.6) is 0 Å². The molecule has 1 aliphatic heterocycles. The minimum Gasteiger partial charge on any atom is -0.469 e. The Hall–Kier alpha value is -1.84. The van der Waals surface area contributed by atoms with Crippen molar-refractivity contribution < 1.29 is 27.5 Å². The summed E-state index contributed by atoms with van der Waals surface area (Å²) < 4.78 is 35.0. The van der Waals surface area contributed by atoms with Gasteiger partial charge in [0.05, 0.1) is 25.3 Å². The summed E-state index contributed by atoms with van der Waals surface area (Å²) in [5, 5.41) is 0.955. The number of methoxy groups -OCH3 is 1. The van der Waals surface area contributed by atoms with Gasteiger partial charge in [0.2, 0.25) is 9.05 Å². The molecule has 4 atom stereocenters. The SMILES string of the molecule is CC[C@@H](CS(=O)(=O)Cl)N1C(=O)[C@@H](CC(=O)OC)O[C@H](c2cccc(Cl)c2)[C@H]1c1ccc(Cl)cc1. The summed E-state index contributed by atoms with van der Waals surface area (Å²) in [5.41, 5.74) is 1.33.